The lowest BCUT2D eigenvalue weighted by atomic mass is 9.86. The summed E-state index contributed by atoms with van der Waals surface area (Å²) in [5.74, 6) is 0. The van der Waals surface area contributed by atoms with E-state index < -0.39 is 0 Å². The summed E-state index contributed by atoms with van der Waals surface area (Å²) in [6.07, 6.45) is 7.55. The predicted octanol–water partition coefficient (Wildman–Crippen LogP) is 1.22. The van der Waals surface area contributed by atoms with Gasteiger partial charge in [-0.1, -0.05) is 12.8 Å². The summed E-state index contributed by atoms with van der Waals surface area (Å²) in [4.78, 5) is 2.40. The van der Waals surface area contributed by atoms with E-state index in [1.807, 2.05) is 0 Å². The van der Waals surface area contributed by atoms with Crippen LogP contribution in [-0.4, -0.2) is 49.3 Å². The summed E-state index contributed by atoms with van der Waals surface area (Å²) in [5, 5.41) is 13.2. The monoisotopic (exact) mass is 226 g/mol. The van der Waals surface area contributed by atoms with E-state index in [9.17, 15) is 5.11 Å². The van der Waals surface area contributed by atoms with Crippen LogP contribution in [0.5, 0.6) is 0 Å². The van der Waals surface area contributed by atoms with Gasteiger partial charge in [-0.3, -0.25) is 0 Å². The maximum Gasteiger partial charge on any atom is 0.0499 e. The Morgan fingerprint density at radius 2 is 1.88 bits per heavy atom. The average Bonchev–Trinajstić information content (AvgIpc) is 2.78. The quantitative estimate of drug-likeness (QED) is 0.756. The number of piperidine rings is 1. The van der Waals surface area contributed by atoms with E-state index in [0.717, 1.165) is 6.54 Å². The third-order valence-electron chi connectivity index (χ3n) is 4.48. The first-order valence-electron chi connectivity index (χ1n) is 6.77. The fraction of sp³-hybridized carbons (Fsp3) is 1.00. The van der Waals surface area contributed by atoms with Crippen molar-refractivity contribution in [3.63, 3.8) is 0 Å². The molecule has 94 valence electrons. The Morgan fingerprint density at radius 3 is 2.44 bits per heavy atom. The number of hydrogen-bond acceptors (Lipinski definition) is 3. The summed E-state index contributed by atoms with van der Waals surface area (Å²) in [7, 11) is 2.20. The van der Waals surface area contributed by atoms with Crippen LogP contribution in [0, 0.1) is 5.41 Å². The van der Waals surface area contributed by atoms with Crippen molar-refractivity contribution < 1.29 is 5.11 Å². The summed E-state index contributed by atoms with van der Waals surface area (Å²) in [6, 6.07) is 0.681. The molecule has 0 amide bonds. The lowest BCUT2D eigenvalue weighted by Gasteiger charge is -2.33. The number of nitrogens with zero attached hydrogens (tertiary/aromatic N) is 1. The molecular formula is C13H26N2O. The topological polar surface area (TPSA) is 35.5 Å². The second-order valence-electron chi connectivity index (χ2n) is 5.82. The molecule has 0 bridgehead atoms. The van der Waals surface area contributed by atoms with Crippen molar-refractivity contribution in [1.82, 2.24) is 10.2 Å². The first-order valence-corrected chi connectivity index (χ1v) is 6.77. The second-order valence-corrected chi connectivity index (χ2v) is 5.82. The third-order valence-corrected chi connectivity index (χ3v) is 4.48. The molecule has 2 aliphatic rings. The Morgan fingerprint density at radius 1 is 1.25 bits per heavy atom. The van der Waals surface area contributed by atoms with Crippen molar-refractivity contribution in [1.29, 1.82) is 0 Å². The number of rotatable bonds is 4. The highest BCUT2D eigenvalue weighted by molar-refractivity contribution is 4.88. The van der Waals surface area contributed by atoms with Crippen LogP contribution >= 0.6 is 0 Å². The molecule has 0 spiro atoms. The van der Waals surface area contributed by atoms with Gasteiger partial charge >= 0.3 is 0 Å². The smallest absolute Gasteiger partial charge is 0.0499 e. The van der Waals surface area contributed by atoms with E-state index in [1.54, 1.807) is 0 Å². The lowest BCUT2D eigenvalue weighted by Crippen LogP contribution is -2.45. The minimum absolute atomic E-state index is 0.212. The van der Waals surface area contributed by atoms with Crippen LogP contribution in [0.25, 0.3) is 0 Å². The molecule has 1 heterocycles. The Kier molecular flexibility index (Phi) is 4.22. The van der Waals surface area contributed by atoms with Crippen molar-refractivity contribution in [2.45, 2.75) is 44.6 Å². The van der Waals surface area contributed by atoms with Crippen LogP contribution in [0.2, 0.25) is 0 Å². The first-order chi connectivity index (χ1) is 7.74. The van der Waals surface area contributed by atoms with Crippen LogP contribution in [0.15, 0.2) is 0 Å². The van der Waals surface area contributed by atoms with Crippen molar-refractivity contribution in [2.24, 2.45) is 5.41 Å². The van der Waals surface area contributed by atoms with Gasteiger partial charge in [-0.05, 0) is 45.8 Å². The highest BCUT2D eigenvalue weighted by Crippen LogP contribution is 2.37. The Hall–Kier alpha value is -0.120. The summed E-state index contributed by atoms with van der Waals surface area (Å²) >= 11 is 0. The Bertz CT molecular complexity index is 206. The van der Waals surface area contributed by atoms with Gasteiger partial charge in [-0.15, -0.1) is 0 Å². The molecule has 0 aromatic rings. The number of aliphatic hydroxyl groups excluding tert-OH is 1. The van der Waals surface area contributed by atoms with E-state index >= 15 is 0 Å². The highest BCUT2D eigenvalue weighted by Gasteiger charge is 2.33. The van der Waals surface area contributed by atoms with Gasteiger partial charge in [0.15, 0.2) is 0 Å². The molecule has 3 nitrogen and oxygen atoms in total. The molecule has 1 saturated heterocycles. The Balaban J connectivity index is 1.73. The van der Waals surface area contributed by atoms with E-state index in [0.29, 0.717) is 12.6 Å². The maximum atomic E-state index is 9.54. The molecule has 2 N–H and O–H groups in total. The van der Waals surface area contributed by atoms with Gasteiger partial charge < -0.3 is 15.3 Å². The molecule has 2 fully saturated rings. The van der Waals surface area contributed by atoms with E-state index in [4.69, 9.17) is 0 Å². The Labute approximate surface area is 99.2 Å². The van der Waals surface area contributed by atoms with Crippen LogP contribution < -0.4 is 5.32 Å². The van der Waals surface area contributed by atoms with Crippen molar-refractivity contribution in [2.75, 3.05) is 33.3 Å². The van der Waals surface area contributed by atoms with Gasteiger partial charge in [-0.25, -0.2) is 0 Å². The van der Waals surface area contributed by atoms with Crippen molar-refractivity contribution in [3.05, 3.63) is 0 Å². The molecule has 0 unspecified atom stereocenters. The zero-order valence-corrected chi connectivity index (χ0v) is 10.5. The lowest BCUT2D eigenvalue weighted by molar-refractivity contribution is 0.118. The fourth-order valence-corrected chi connectivity index (χ4v) is 3.09. The highest BCUT2D eigenvalue weighted by atomic mass is 16.3. The van der Waals surface area contributed by atoms with Gasteiger partial charge in [0, 0.05) is 24.6 Å². The zero-order chi connectivity index (χ0) is 11.4. The van der Waals surface area contributed by atoms with Gasteiger partial charge in [-0.2, -0.15) is 0 Å². The molecule has 0 aromatic heterocycles. The van der Waals surface area contributed by atoms with Gasteiger partial charge in [0.05, 0.1) is 0 Å². The normalized spacial score (nSPS) is 27.4. The van der Waals surface area contributed by atoms with Crippen molar-refractivity contribution >= 4 is 0 Å². The molecule has 1 aliphatic heterocycles. The summed E-state index contributed by atoms with van der Waals surface area (Å²) < 4.78 is 0. The fourth-order valence-electron chi connectivity index (χ4n) is 3.09. The van der Waals surface area contributed by atoms with Crippen LogP contribution in [0.4, 0.5) is 0 Å². The minimum Gasteiger partial charge on any atom is -0.396 e. The molecule has 2 rings (SSSR count). The minimum atomic E-state index is 0.212. The molecule has 0 radical (unpaired) electrons. The molecular weight excluding hydrogens is 200 g/mol. The van der Waals surface area contributed by atoms with Crippen molar-refractivity contribution in [3.8, 4) is 0 Å². The number of likely N-dealkylation sites (tertiary alicyclic amines) is 1. The molecule has 3 heteroatoms. The number of aliphatic hydroxyl groups is 1. The third kappa shape index (κ3) is 2.96. The summed E-state index contributed by atoms with van der Waals surface area (Å²) in [6.45, 7) is 3.82. The van der Waals surface area contributed by atoms with Crippen LogP contribution in [0.1, 0.15) is 38.5 Å². The zero-order valence-electron chi connectivity index (χ0n) is 10.5. The summed E-state index contributed by atoms with van der Waals surface area (Å²) in [5.41, 5.74) is 0.212. The molecule has 1 aliphatic carbocycles. The van der Waals surface area contributed by atoms with Crippen LogP contribution in [-0.2, 0) is 0 Å². The number of hydrogen-bond donors (Lipinski definition) is 2. The first kappa shape index (κ1) is 12.3. The molecule has 0 aromatic carbocycles. The largest absolute Gasteiger partial charge is 0.396 e. The van der Waals surface area contributed by atoms with E-state index in [1.165, 1.54) is 51.6 Å². The predicted molar refractivity (Wildman–Crippen MR) is 66.5 cm³/mol. The average molecular weight is 226 g/mol. The standard InChI is InChI=1S/C13H26N2O/c1-15-8-4-12(5-9-15)14-10-13(11-16)6-2-3-7-13/h12,14,16H,2-11H2,1H3. The van der Waals surface area contributed by atoms with Gasteiger partial charge in [0.1, 0.15) is 0 Å². The van der Waals surface area contributed by atoms with Gasteiger partial charge in [0.2, 0.25) is 0 Å². The second kappa shape index (κ2) is 5.48. The maximum absolute atomic E-state index is 9.54. The number of nitrogens with one attached hydrogen (secondary N) is 1. The molecule has 1 saturated carbocycles. The van der Waals surface area contributed by atoms with Crippen LogP contribution in [0.3, 0.4) is 0 Å². The van der Waals surface area contributed by atoms with Gasteiger partial charge in [0.25, 0.3) is 0 Å². The van der Waals surface area contributed by atoms with E-state index in [-0.39, 0.29) is 5.41 Å². The SMILES string of the molecule is CN1CCC(NCC2(CO)CCCC2)CC1. The molecule has 0 atom stereocenters. The van der Waals surface area contributed by atoms with E-state index in [2.05, 4.69) is 17.3 Å². The molecule has 16 heavy (non-hydrogen) atoms.